The maximum atomic E-state index is 10.0. The van der Waals surface area contributed by atoms with Crippen molar-refractivity contribution in [2.75, 3.05) is 13.2 Å². The summed E-state index contributed by atoms with van der Waals surface area (Å²) in [5, 5.41) is 16.8. The van der Waals surface area contributed by atoms with E-state index in [0.717, 1.165) is 12.8 Å². The SMILES string of the molecule is O=C(O)COC1CC(CO)C1. The number of aliphatic hydroxyl groups excluding tert-OH is 1. The molecule has 1 aliphatic rings. The molecule has 0 unspecified atom stereocenters. The van der Waals surface area contributed by atoms with Crippen molar-refractivity contribution in [3.63, 3.8) is 0 Å². The molecule has 64 valence electrons. The first-order valence-electron chi connectivity index (χ1n) is 3.66. The van der Waals surface area contributed by atoms with Crippen LogP contribution in [0.4, 0.5) is 0 Å². The van der Waals surface area contributed by atoms with Gasteiger partial charge in [-0.3, -0.25) is 0 Å². The molecule has 0 bridgehead atoms. The number of hydrogen-bond donors (Lipinski definition) is 2. The van der Waals surface area contributed by atoms with Crippen molar-refractivity contribution in [1.82, 2.24) is 0 Å². The molecule has 0 atom stereocenters. The van der Waals surface area contributed by atoms with E-state index < -0.39 is 5.97 Å². The van der Waals surface area contributed by atoms with Gasteiger partial charge in [-0.05, 0) is 18.8 Å². The van der Waals surface area contributed by atoms with Gasteiger partial charge in [-0.2, -0.15) is 0 Å². The van der Waals surface area contributed by atoms with Gasteiger partial charge in [-0.25, -0.2) is 4.79 Å². The molecule has 1 aliphatic carbocycles. The summed E-state index contributed by atoms with van der Waals surface area (Å²) in [7, 11) is 0. The first-order valence-corrected chi connectivity index (χ1v) is 3.66. The summed E-state index contributed by atoms with van der Waals surface area (Å²) in [6.45, 7) is -0.0320. The Kier molecular flexibility index (Phi) is 2.84. The van der Waals surface area contributed by atoms with Gasteiger partial charge in [0.05, 0.1) is 6.10 Å². The van der Waals surface area contributed by atoms with Gasteiger partial charge in [0.15, 0.2) is 0 Å². The molecule has 1 fully saturated rings. The summed E-state index contributed by atoms with van der Waals surface area (Å²) in [6.07, 6.45) is 1.65. The Hall–Kier alpha value is -0.610. The molecule has 0 amide bonds. The highest BCUT2D eigenvalue weighted by molar-refractivity contribution is 5.68. The summed E-state index contributed by atoms with van der Waals surface area (Å²) in [5.74, 6) is -0.605. The van der Waals surface area contributed by atoms with Crippen LogP contribution in [0.15, 0.2) is 0 Å². The fourth-order valence-corrected chi connectivity index (χ4v) is 1.15. The normalized spacial score (nSPS) is 29.5. The minimum atomic E-state index is -0.933. The zero-order valence-corrected chi connectivity index (χ0v) is 6.19. The molecule has 1 saturated carbocycles. The molecule has 0 heterocycles. The Morgan fingerprint density at radius 2 is 2.18 bits per heavy atom. The summed E-state index contributed by atoms with van der Waals surface area (Å²) >= 11 is 0. The summed E-state index contributed by atoms with van der Waals surface area (Å²) in [5.41, 5.74) is 0. The Bertz CT molecular complexity index is 139. The molecular formula is C7H12O4. The molecule has 0 aromatic rings. The summed E-state index contributed by atoms with van der Waals surface area (Å²) in [4.78, 5) is 10.0. The van der Waals surface area contributed by atoms with Gasteiger partial charge in [0, 0.05) is 6.61 Å². The van der Waals surface area contributed by atoms with Crippen molar-refractivity contribution in [3.05, 3.63) is 0 Å². The monoisotopic (exact) mass is 160 g/mol. The number of carboxylic acid groups (broad SMARTS) is 1. The molecule has 0 radical (unpaired) electrons. The van der Waals surface area contributed by atoms with E-state index in [1.54, 1.807) is 0 Å². The first kappa shape index (κ1) is 8.49. The number of aliphatic carboxylic acids is 1. The standard InChI is InChI=1S/C7H12O4/c8-3-5-1-6(2-5)11-4-7(9)10/h5-6,8H,1-4H2,(H,9,10). The molecule has 0 aromatic carbocycles. The number of carbonyl (C=O) groups is 1. The fraction of sp³-hybridized carbons (Fsp3) is 0.857. The van der Waals surface area contributed by atoms with Crippen LogP contribution in [-0.2, 0) is 9.53 Å². The third-order valence-corrected chi connectivity index (χ3v) is 1.89. The number of aliphatic hydroxyl groups is 1. The van der Waals surface area contributed by atoms with Gasteiger partial charge >= 0.3 is 5.97 Å². The average Bonchev–Trinajstić information content (AvgIpc) is 1.84. The highest BCUT2D eigenvalue weighted by Crippen LogP contribution is 2.29. The third kappa shape index (κ3) is 2.48. The highest BCUT2D eigenvalue weighted by Gasteiger charge is 2.29. The smallest absolute Gasteiger partial charge is 0.329 e. The van der Waals surface area contributed by atoms with Crippen molar-refractivity contribution in [2.24, 2.45) is 5.92 Å². The number of hydrogen-bond acceptors (Lipinski definition) is 3. The van der Waals surface area contributed by atoms with Gasteiger partial charge in [0.25, 0.3) is 0 Å². The minimum absolute atomic E-state index is 0.0586. The Balaban J connectivity index is 2.00. The van der Waals surface area contributed by atoms with E-state index in [9.17, 15) is 4.79 Å². The van der Waals surface area contributed by atoms with Gasteiger partial charge < -0.3 is 14.9 Å². The molecule has 0 saturated heterocycles. The number of carboxylic acids is 1. The average molecular weight is 160 g/mol. The van der Waals surface area contributed by atoms with Crippen molar-refractivity contribution >= 4 is 5.97 Å². The summed E-state index contributed by atoms with van der Waals surface area (Å²) in [6, 6.07) is 0. The topological polar surface area (TPSA) is 66.8 Å². The predicted octanol–water partition coefficient (Wildman–Crippen LogP) is -0.142. The molecule has 11 heavy (non-hydrogen) atoms. The van der Waals surface area contributed by atoms with Crippen LogP contribution >= 0.6 is 0 Å². The highest BCUT2D eigenvalue weighted by atomic mass is 16.5. The fourth-order valence-electron chi connectivity index (χ4n) is 1.15. The second-order valence-electron chi connectivity index (χ2n) is 2.85. The lowest BCUT2D eigenvalue weighted by atomic mass is 9.83. The van der Waals surface area contributed by atoms with Gasteiger partial charge in [0.1, 0.15) is 6.61 Å². The van der Waals surface area contributed by atoms with Crippen LogP contribution in [0, 0.1) is 5.92 Å². The van der Waals surface area contributed by atoms with Gasteiger partial charge in [0.2, 0.25) is 0 Å². The molecular weight excluding hydrogens is 148 g/mol. The van der Waals surface area contributed by atoms with Gasteiger partial charge in [-0.15, -0.1) is 0 Å². The minimum Gasteiger partial charge on any atom is -0.480 e. The predicted molar refractivity (Wildman–Crippen MR) is 37.2 cm³/mol. The largest absolute Gasteiger partial charge is 0.480 e. The van der Waals surface area contributed by atoms with Crippen LogP contribution in [0.25, 0.3) is 0 Å². The van der Waals surface area contributed by atoms with Crippen molar-refractivity contribution in [3.8, 4) is 0 Å². The molecule has 1 rings (SSSR count). The Morgan fingerprint density at radius 1 is 1.55 bits per heavy atom. The van der Waals surface area contributed by atoms with E-state index in [0.29, 0.717) is 5.92 Å². The maximum absolute atomic E-state index is 10.0. The second kappa shape index (κ2) is 3.69. The van der Waals surface area contributed by atoms with Crippen LogP contribution < -0.4 is 0 Å². The van der Waals surface area contributed by atoms with E-state index >= 15 is 0 Å². The van der Waals surface area contributed by atoms with Gasteiger partial charge in [-0.1, -0.05) is 0 Å². The molecule has 2 N–H and O–H groups in total. The Morgan fingerprint density at radius 3 is 2.64 bits per heavy atom. The number of ether oxygens (including phenoxy) is 1. The molecule has 4 heteroatoms. The van der Waals surface area contributed by atoms with Crippen LogP contribution in [0.5, 0.6) is 0 Å². The quantitative estimate of drug-likeness (QED) is 0.600. The van der Waals surface area contributed by atoms with Crippen LogP contribution in [0.2, 0.25) is 0 Å². The zero-order valence-electron chi connectivity index (χ0n) is 6.19. The maximum Gasteiger partial charge on any atom is 0.329 e. The third-order valence-electron chi connectivity index (χ3n) is 1.89. The van der Waals surface area contributed by atoms with E-state index in [2.05, 4.69) is 0 Å². The van der Waals surface area contributed by atoms with Crippen molar-refractivity contribution in [1.29, 1.82) is 0 Å². The van der Waals surface area contributed by atoms with E-state index in [1.807, 2.05) is 0 Å². The lowest BCUT2D eigenvalue weighted by molar-refractivity contribution is -0.148. The molecule has 0 aromatic heterocycles. The lowest BCUT2D eigenvalue weighted by Crippen LogP contribution is -2.34. The van der Waals surface area contributed by atoms with E-state index in [4.69, 9.17) is 14.9 Å². The first-order chi connectivity index (χ1) is 5.22. The molecule has 0 spiro atoms. The van der Waals surface area contributed by atoms with Crippen LogP contribution in [0.3, 0.4) is 0 Å². The zero-order chi connectivity index (χ0) is 8.27. The molecule has 4 nitrogen and oxygen atoms in total. The summed E-state index contributed by atoms with van der Waals surface area (Å²) < 4.78 is 4.96. The molecule has 0 aliphatic heterocycles. The van der Waals surface area contributed by atoms with Crippen LogP contribution in [0.1, 0.15) is 12.8 Å². The number of rotatable bonds is 4. The van der Waals surface area contributed by atoms with Crippen LogP contribution in [-0.4, -0.2) is 35.5 Å². The van der Waals surface area contributed by atoms with E-state index in [-0.39, 0.29) is 19.3 Å². The van der Waals surface area contributed by atoms with E-state index in [1.165, 1.54) is 0 Å². The second-order valence-corrected chi connectivity index (χ2v) is 2.85. The van der Waals surface area contributed by atoms with Crippen molar-refractivity contribution < 1.29 is 19.7 Å². The lowest BCUT2D eigenvalue weighted by Gasteiger charge is -2.33. The Labute approximate surface area is 64.8 Å². The van der Waals surface area contributed by atoms with Crippen molar-refractivity contribution in [2.45, 2.75) is 18.9 Å².